The average molecular weight is 199 g/mol. The van der Waals surface area contributed by atoms with E-state index in [9.17, 15) is 0 Å². The molecule has 0 saturated heterocycles. The van der Waals surface area contributed by atoms with E-state index in [1.165, 1.54) is 19.5 Å². The summed E-state index contributed by atoms with van der Waals surface area (Å²) in [5.74, 6) is 0. The maximum atomic E-state index is 2.35. The average Bonchev–Trinajstić information content (AvgIpc) is 1.72. The van der Waals surface area contributed by atoms with Crippen LogP contribution in [0.3, 0.4) is 0 Å². The molecular formula is C4H10MoNP. The second kappa shape index (κ2) is 5.09. The van der Waals surface area contributed by atoms with Gasteiger partial charge in [0.05, 0.1) is 0 Å². The van der Waals surface area contributed by atoms with Crippen molar-refractivity contribution in [3.8, 4) is 0 Å². The molecule has 42 valence electrons. The molecule has 1 nitrogen and oxygen atoms in total. The SMILES string of the molecule is CCN(CC)[P]=[Mo]. The van der Waals surface area contributed by atoms with Gasteiger partial charge in [-0.1, -0.05) is 0 Å². The first-order chi connectivity index (χ1) is 3.35. The van der Waals surface area contributed by atoms with Crippen LogP contribution < -0.4 is 0 Å². The molecule has 3 heteroatoms. The molecule has 0 saturated carbocycles. The van der Waals surface area contributed by atoms with E-state index in [0.29, 0.717) is 0 Å². The molecular weight excluding hydrogens is 189 g/mol. The van der Waals surface area contributed by atoms with Gasteiger partial charge in [0.15, 0.2) is 0 Å². The topological polar surface area (TPSA) is 3.24 Å². The van der Waals surface area contributed by atoms with Crippen LogP contribution in [0.4, 0.5) is 0 Å². The Balaban J connectivity index is 3.16. The van der Waals surface area contributed by atoms with Gasteiger partial charge in [0.1, 0.15) is 0 Å². The third kappa shape index (κ3) is 3.52. The zero-order valence-electron chi connectivity index (χ0n) is 4.72. The molecule has 0 aromatic rings. The predicted molar refractivity (Wildman–Crippen MR) is 29.8 cm³/mol. The van der Waals surface area contributed by atoms with Crippen LogP contribution in [0.2, 0.25) is 0 Å². The summed E-state index contributed by atoms with van der Waals surface area (Å²) >= 11 is 2.10. The Morgan fingerprint density at radius 2 is 1.86 bits per heavy atom. The Kier molecular flexibility index (Phi) is 5.78. The van der Waals surface area contributed by atoms with Gasteiger partial charge in [-0.3, -0.25) is 0 Å². The van der Waals surface area contributed by atoms with Crippen LogP contribution in [-0.4, -0.2) is 17.8 Å². The van der Waals surface area contributed by atoms with Gasteiger partial charge in [-0.2, -0.15) is 0 Å². The molecule has 0 aromatic heterocycles. The third-order valence-electron chi connectivity index (χ3n) is 0.846. The van der Waals surface area contributed by atoms with Crippen molar-refractivity contribution in [2.75, 3.05) is 13.1 Å². The Labute approximate surface area is 57.1 Å². The Hall–Kier alpha value is 0.948. The molecule has 0 radical (unpaired) electrons. The van der Waals surface area contributed by atoms with E-state index in [1.54, 1.807) is 0 Å². The van der Waals surface area contributed by atoms with Gasteiger partial charge in [-0.05, 0) is 0 Å². The summed E-state index contributed by atoms with van der Waals surface area (Å²) in [5, 5.41) is 0. The fourth-order valence-electron chi connectivity index (χ4n) is 0.339. The summed E-state index contributed by atoms with van der Waals surface area (Å²) in [5.41, 5.74) is 0. The Morgan fingerprint density at radius 1 is 1.43 bits per heavy atom. The van der Waals surface area contributed by atoms with Crippen LogP contribution in [0.25, 0.3) is 0 Å². The van der Waals surface area contributed by atoms with Crippen molar-refractivity contribution < 1.29 is 18.8 Å². The van der Waals surface area contributed by atoms with E-state index < -0.39 is 0 Å². The number of rotatable bonds is 3. The van der Waals surface area contributed by atoms with Gasteiger partial charge < -0.3 is 0 Å². The van der Waals surface area contributed by atoms with E-state index in [2.05, 4.69) is 37.3 Å². The van der Waals surface area contributed by atoms with Crippen molar-refractivity contribution in [2.45, 2.75) is 13.8 Å². The van der Waals surface area contributed by atoms with Crippen molar-refractivity contribution in [2.24, 2.45) is 0 Å². The van der Waals surface area contributed by atoms with E-state index in [-0.39, 0.29) is 0 Å². The first-order valence-corrected chi connectivity index (χ1v) is 5.89. The van der Waals surface area contributed by atoms with Crippen LogP contribution in [0.1, 0.15) is 13.8 Å². The van der Waals surface area contributed by atoms with E-state index in [1.807, 2.05) is 0 Å². The molecule has 0 spiro atoms. The first-order valence-electron chi connectivity index (χ1n) is 2.43. The predicted octanol–water partition coefficient (Wildman–Crippen LogP) is 1.65. The molecule has 0 rings (SSSR count). The van der Waals surface area contributed by atoms with Crippen LogP contribution >= 0.6 is 6.37 Å². The first kappa shape index (κ1) is 7.95. The molecule has 0 bridgehead atoms. The number of nitrogens with zero attached hydrogens (tertiary/aromatic N) is 1. The maximum absolute atomic E-state index is 2.35. The molecule has 0 atom stereocenters. The summed E-state index contributed by atoms with van der Waals surface area (Å²) in [6, 6.07) is 0. The molecule has 7 heavy (non-hydrogen) atoms. The summed E-state index contributed by atoms with van der Waals surface area (Å²) in [6.07, 6.45) is 1.40. The Bertz CT molecular complexity index is 53.7. The number of hydrogen-bond acceptors (Lipinski definition) is 1. The molecule has 0 N–H and O–H groups in total. The molecule has 0 unspecified atom stereocenters. The van der Waals surface area contributed by atoms with Crippen molar-refractivity contribution in [3.63, 3.8) is 0 Å². The van der Waals surface area contributed by atoms with Gasteiger partial charge in [-0.25, -0.2) is 0 Å². The molecule has 0 fully saturated rings. The second-order valence-corrected chi connectivity index (χ2v) is 3.15. The Morgan fingerprint density at radius 3 is 1.86 bits per heavy atom. The molecule has 0 aliphatic heterocycles. The van der Waals surface area contributed by atoms with E-state index in [0.717, 1.165) is 0 Å². The standard InChI is InChI=1S/C4H10NP.Mo/c1-3-5(6)4-2;/h3-4H2,1-2H3;. The minimum atomic E-state index is 1.18. The molecule has 0 aromatic carbocycles. The van der Waals surface area contributed by atoms with Crippen molar-refractivity contribution in [3.05, 3.63) is 0 Å². The van der Waals surface area contributed by atoms with Crippen molar-refractivity contribution >= 4 is 6.37 Å². The fourth-order valence-corrected chi connectivity index (χ4v) is 2.27. The van der Waals surface area contributed by atoms with Crippen molar-refractivity contribution in [1.29, 1.82) is 0 Å². The van der Waals surface area contributed by atoms with Gasteiger partial charge in [0, 0.05) is 0 Å². The van der Waals surface area contributed by atoms with Gasteiger partial charge in [-0.15, -0.1) is 0 Å². The van der Waals surface area contributed by atoms with Crippen molar-refractivity contribution in [1.82, 2.24) is 4.67 Å². The van der Waals surface area contributed by atoms with E-state index in [4.69, 9.17) is 0 Å². The second-order valence-electron chi connectivity index (χ2n) is 1.22. The van der Waals surface area contributed by atoms with Gasteiger partial charge in [0.25, 0.3) is 0 Å². The summed E-state index contributed by atoms with van der Waals surface area (Å²) < 4.78 is 2.35. The quantitative estimate of drug-likeness (QED) is 0.493. The molecule has 0 amide bonds. The molecule has 0 heterocycles. The fraction of sp³-hybridized carbons (Fsp3) is 1.00. The van der Waals surface area contributed by atoms with E-state index >= 15 is 0 Å². The molecule has 0 aliphatic rings. The number of hydrogen-bond donors (Lipinski definition) is 0. The summed E-state index contributed by atoms with van der Waals surface area (Å²) in [4.78, 5) is 0. The van der Waals surface area contributed by atoms with Gasteiger partial charge >= 0.3 is 56.8 Å². The third-order valence-corrected chi connectivity index (χ3v) is 3.35. The zero-order valence-corrected chi connectivity index (χ0v) is 7.62. The summed E-state index contributed by atoms with van der Waals surface area (Å²) in [6.45, 7) is 6.72. The van der Waals surface area contributed by atoms with Crippen LogP contribution in [-0.2, 0) is 18.8 Å². The monoisotopic (exact) mass is 201 g/mol. The zero-order chi connectivity index (χ0) is 5.70. The van der Waals surface area contributed by atoms with Crippen LogP contribution in [0.5, 0.6) is 0 Å². The molecule has 0 aliphatic carbocycles. The van der Waals surface area contributed by atoms with Crippen LogP contribution in [0.15, 0.2) is 0 Å². The normalized spacial score (nSPS) is 10.7. The summed E-state index contributed by atoms with van der Waals surface area (Å²) in [7, 11) is 0. The van der Waals surface area contributed by atoms with Gasteiger partial charge in [0.2, 0.25) is 0 Å². The minimum absolute atomic E-state index is 1.18. The van der Waals surface area contributed by atoms with Crippen LogP contribution in [0, 0.1) is 0 Å².